The van der Waals surface area contributed by atoms with Crippen LogP contribution in [0.4, 0.5) is 23.5 Å². The van der Waals surface area contributed by atoms with Crippen molar-refractivity contribution in [1.82, 2.24) is 28.7 Å². The molecule has 0 spiro atoms. The van der Waals surface area contributed by atoms with Gasteiger partial charge >= 0.3 is 6.18 Å². The van der Waals surface area contributed by atoms with Crippen LogP contribution in [0.5, 0.6) is 0 Å². The Bertz CT molecular complexity index is 1450. The van der Waals surface area contributed by atoms with Crippen LogP contribution in [0.25, 0.3) is 17.1 Å². The highest BCUT2D eigenvalue weighted by molar-refractivity contribution is 7.88. The van der Waals surface area contributed by atoms with Gasteiger partial charge < -0.3 is 9.88 Å². The molecule has 1 aromatic carbocycles. The van der Waals surface area contributed by atoms with Crippen molar-refractivity contribution in [2.45, 2.75) is 38.0 Å². The van der Waals surface area contributed by atoms with Gasteiger partial charge in [-0.1, -0.05) is 11.6 Å². The molecule has 0 saturated carbocycles. The fourth-order valence-electron chi connectivity index (χ4n) is 4.69. The summed E-state index contributed by atoms with van der Waals surface area (Å²) in [5.41, 5.74) is -1.03. The third kappa shape index (κ3) is 6.18. The number of piperidine rings is 1. The van der Waals surface area contributed by atoms with Gasteiger partial charge in [-0.15, -0.1) is 0 Å². The number of alkyl halides is 3. The molecule has 0 amide bonds. The van der Waals surface area contributed by atoms with Crippen LogP contribution < -0.4 is 5.32 Å². The molecule has 2 fully saturated rings. The van der Waals surface area contributed by atoms with Gasteiger partial charge in [0.25, 0.3) is 0 Å². The zero-order chi connectivity index (χ0) is 27.9. The number of anilines is 1. The van der Waals surface area contributed by atoms with Gasteiger partial charge in [0.15, 0.2) is 0 Å². The molecule has 1 N–H and O–H groups in total. The fraction of sp³-hybridized carbons (Fsp3) is 0.458. The molecule has 2 aromatic heterocycles. The van der Waals surface area contributed by atoms with Gasteiger partial charge in [0, 0.05) is 38.1 Å². The van der Waals surface area contributed by atoms with E-state index in [0.29, 0.717) is 31.1 Å². The number of nitrogens with zero attached hydrogens (tertiary/aromatic N) is 6. The number of nitrogens with one attached hydrogen (secondary N) is 1. The zero-order valence-corrected chi connectivity index (χ0v) is 22.5. The van der Waals surface area contributed by atoms with E-state index in [-0.39, 0.29) is 41.5 Å². The van der Waals surface area contributed by atoms with Crippen molar-refractivity contribution in [1.29, 1.82) is 0 Å². The summed E-state index contributed by atoms with van der Waals surface area (Å²) in [7, 11) is -3.32. The Morgan fingerprint density at radius 3 is 2.44 bits per heavy atom. The van der Waals surface area contributed by atoms with Crippen molar-refractivity contribution in [3.63, 3.8) is 0 Å². The van der Waals surface area contributed by atoms with Gasteiger partial charge in [-0.2, -0.15) is 13.2 Å². The average molecular weight is 588 g/mol. The minimum Gasteiger partial charge on any atom is -0.351 e. The van der Waals surface area contributed by atoms with Crippen LogP contribution in [0.15, 0.2) is 30.9 Å². The van der Waals surface area contributed by atoms with Crippen LogP contribution >= 0.6 is 11.6 Å². The van der Waals surface area contributed by atoms with Crippen molar-refractivity contribution in [2.24, 2.45) is 0 Å². The number of sulfonamides is 1. The molecule has 5 rings (SSSR count). The van der Waals surface area contributed by atoms with E-state index in [1.807, 2.05) is 0 Å². The van der Waals surface area contributed by atoms with Crippen molar-refractivity contribution < 1.29 is 26.0 Å². The number of halogens is 5. The highest BCUT2D eigenvalue weighted by atomic mass is 35.5. The summed E-state index contributed by atoms with van der Waals surface area (Å²) in [6.07, 6.45) is 1.43. The number of rotatable bonds is 7. The van der Waals surface area contributed by atoms with Crippen LogP contribution in [0.2, 0.25) is 5.02 Å². The summed E-state index contributed by atoms with van der Waals surface area (Å²) in [4.78, 5) is 14.2. The Kier molecular flexibility index (Phi) is 7.57. The Hall–Kier alpha value is -2.81. The van der Waals surface area contributed by atoms with Gasteiger partial charge in [-0.05, 0) is 50.0 Å². The number of likely N-dealkylation sites (tertiary alicyclic amines) is 1. The van der Waals surface area contributed by atoms with E-state index in [0.717, 1.165) is 25.8 Å². The van der Waals surface area contributed by atoms with Gasteiger partial charge in [-0.3, -0.25) is 4.90 Å². The largest absolute Gasteiger partial charge is 0.420 e. The third-order valence-corrected chi connectivity index (χ3v) is 8.46. The van der Waals surface area contributed by atoms with Gasteiger partial charge in [0.05, 0.1) is 11.3 Å². The first-order valence-electron chi connectivity index (χ1n) is 12.3. The maximum Gasteiger partial charge on any atom is 0.420 e. The molecule has 2 aliphatic rings. The first-order valence-corrected chi connectivity index (χ1v) is 14.5. The fourth-order valence-corrected chi connectivity index (χ4v) is 5.89. The van der Waals surface area contributed by atoms with Gasteiger partial charge in [-0.25, -0.2) is 32.1 Å². The highest BCUT2D eigenvalue weighted by Crippen LogP contribution is 2.36. The molecular weight excluding hydrogens is 562 g/mol. The lowest BCUT2D eigenvalue weighted by molar-refractivity contribution is -0.137. The number of benzene rings is 1. The smallest absolute Gasteiger partial charge is 0.351 e. The molecule has 39 heavy (non-hydrogen) atoms. The molecule has 15 heteroatoms. The number of aromatic nitrogens is 4. The number of imidazole rings is 1. The second kappa shape index (κ2) is 10.6. The Morgan fingerprint density at radius 2 is 1.85 bits per heavy atom. The zero-order valence-electron chi connectivity index (χ0n) is 20.9. The molecule has 0 atom stereocenters. The predicted molar refractivity (Wildman–Crippen MR) is 138 cm³/mol. The summed E-state index contributed by atoms with van der Waals surface area (Å²) < 4.78 is 82.6. The Labute approximate surface area is 227 Å². The third-order valence-electron chi connectivity index (χ3n) is 6.87. The van der Waals surface area contributed by atoms with Crippen molar-refractivity contribution >= 4 is 27.6 Å². The summed E-state index contributed by atoms with van der Waals surface area (Å²) in [6.45, 7) is 2.98. The van der Waals surface area contributed by atoms with E-state index in [1.165, 1.54) is 27.5 Å². The molecular formula is C24H26ClF4N7O2S. The van der Waals surface area contributed by atoms with E-state index < -0.39 is 33.3 Å². The lowest BCUT2D eigenvalue weighted by Crippen LogP contribution is -2.42. The molecule has 9 nitrogen and oxygen atoms in total. The molecule has 2 saturated heterocycles. The summed E-state index contributed by atoms with van der Waals surface area (Å²) in [5, 5.41) is 3.11. The molecule has 0 unspecified atom stereocenters. The molecule has 0 aliphatic carbocycles. The van der Waals surface area contributed by atoms with Crippen LogP contribution in [-0.4, -0.2) is 75.6 Å². The molecule has 210 valence electrons. The van der Waals surface area contributed by atoms with E-state index in [4.69, 9.17) is 11.6 Å². The minimum atomic E-state index is -4.76. The molecule has 4 heterocycles. The molecule has 0 radical (unpaired) electrons. The van der Waals surface area contributed by atoms with Crippen molar-refractivity contribution in [3.05, 3.63) is 52.8 Å². The lowest BCUT2D eigenvalue weighted by atomic mass is 10.1. The molecule has 0 bridgehead atoms. The van der Waals surface area contributed by atoms with Crippen LogP contribution in [0.3, 0.4) is 0 Å². The van der Waals surface area contributed by atoms with Crippen LogP contribution in [-0.2, 0) is 22.7 Å². The number of hydrogen-bond donors (Lipinski definition) is 1. The second-order valence-corrected chi connectivity index (χ2v) is 12.1. The van der Waals surface area contributed by atoms with Gasteiger partial charge in [0.1, 0.15) is 34.8 Å². The van der Waals surface area contributed by atoms with Crippen molar-refractivity contribution in [3.8, 4) is 17.1 Å². The Morgan fingerprint density at radius 1 is 1.13 bits per heavy atom. The highest BCUT2D eigenvalue weighted by Gasteiger charge is 2.36. The maximum atomic E-state index is 15.1. The first kappa shape index (κ1) is 27.7. The summed E-state index contributed by atoms with van der Waals surface area (Å²) in [5.74, 6) is -0.673. The monoisotopic (exact) mass is 587 g/mol. The maximum absolute atomic E-state index is 15.1. The molecule has 2 aliphatic heterocycles. The summed E-state index contributed by atoms with van der Waals surface area (Å²) in [6, 6.07) is 2.77. The van der Waals surface area contributed by atoms with E-state index in [2.05, 4.69) is 25.2 Å². The van der Waals surface area contributed by atoms with Crippen LogP contribution in [0.1, 0.15) is 30.4 Å². The Balaban J connectivity index is 1.41. The normalized spacial score (nSPS) is 17.8. The predicted octanol–water partition coefficient (Wildman–Crippen LogP) is 4.18. The first-order chi connectivity index (χ1) is 18.4. The average Bonchev–Trinajstić information content (AvgIpc) is 3.30. The molecule has 3 aromatic rings. The SMILES string of the molecule is CS(=O)(=O)N1CCC(Nc2ncc(C(F)(F)F)c(-c3cn(-c4c(F)cc(CN5CCC5)cc4Cl)cn3)n2)CC1. The van der Waals surface area contributed by atoms with Crippen molar-refractivity contribution in [2.75, 3.05) is 37.8 Å². The standard InChI is InChI=1S/C24H26ClF4N7O2S/c1-39(37,38)36-7-3-16(4-8-36)32-23-30-11-17(24(27,28)29)21(33-23)20-13-35(14-31-20)22-18(25)9-15(10-19(22)26)12-34-5-2-6-34/h9-11,13-14,16H,2-8,12H2,1H3,(H,30,32,33). The van der Waals surface area contributed by atoms with Gasteiger partial charge in [0.2, 0.25) is 16.0 Å². The second-order valence-electron chi connectivity index (χ2n) is 9.74. The number of hydrogen-bond acceptors (Lipinski definition) is 7. The minimum absolute atomic E-state index is 0.0265. The quantitative estimate of drug-likeness (QED) is 0.414. The summed E-state index contributed by atoms with van der Waals surface area (Å²) >= 11 is 6.38. The van der Waals surface area contributed by atoms with E-state index in [1.54, 1.807) is 6.07 Å². The van der Waals surface area contributed by atoms with Crippen LogP contribution in [0, 0.1) is 5.82 Å². The lowest BCUT2D eigenvalue weighted by Gasteiger charge is -2.30. The topological polar surface area (TPSA) is 96.2 Å². The van der Waals surface area contributed by atoms with E-state index in [9.17, 15) is 21.6 Å². The van der Waals surface area contributed by atoms with E-state index >= 15 is 4.39 Å².